The molecule has 3 aromatic carbocycles. The number of rotatable bonds is 13. The van der Waals surface area contributed by atoms with Gasteiger partial charge in [0, 0.05) is 24.5 Å². The van der Waals surface area contributed by atoms with E-state index in [4.69, 9.17) is 11.6 Å². The number of hydrogen-bond acceptors (Lipinski definition) is 4. The molecular weight excluding hydrogens is 546 g/mol. The Labute approximate surface area is 243 Å². The lowest BCUT2D eigenvalue weighted by molar-refractivity contribution is -0.140. The lowest BCUT2D eigenvalue weighted by atomic mass is 10.0. The van der Waals surface area contributed by atoms with Gasteiger partial charge in [-0.25, -0.2) is 8.42 Å². The standard InChI is InChI=1S/C31H38ClN3O4S/c1-5-26-15-9-10-17-28(26)35(40(4,38)39)22-30(36)34(21-25-14-11-16-27(32)18-25)29(31(37)33-20-23(2)3)19-24-12-7-6-8-13-24/h6-18,23,29H,5,19-22H2,1-4H3,(H,33,37). The van der Waals surface area contributed by atoms with Crippen LogP contribution in [-0.2, 0) is 39.0 Å². The predicted octanol–water partition coefficient (Wildman–Crippen LogP) is 5.08. The third-order valence-electron chi connectivity index (χ3n) is 6.52. The summed E-state index contributed by atoms with van der Waals surface area (Å²) in [5.41, 5.74) is 2.87. The molecule has 0 aromatic heterocycles. The maximum Gasteiger partial charge on any atom is 0.244 e. The van der Waals surface area contributed by atoms with Crippen LogP contribution >= 0.6 is 11.6 Å². The number of halogens is 1. The van der Waals surface area contributed by atoms with Gasteiger partial charge < -0.3 is 10.2 Å². The number of carbonyl (C=O) groups excluding carboxylic acids is 2. The van der Waals surface area contributed by atoms with Gasteiger partial charge in [0.15, 0.2) is 0 Å². The summed E-state index contributed by atoms with van der Waals surface area (Å²) in [5, 5.41) is 3.48. The van der Waals surface area contributed by atoms with Crippen molar-refractivity contribution in [1.29, 1.82) is 0 Å². The van der Waals surface area contributed by atoms with Crippen molar-refractivity contribution < 1.29 is 18.0 Å². The minimum absolute atomic E-state index is 0.0824. The van der Waals surface area contributed by atoms with Crippen molar-refractivity contribution >= 4 is 39.1 Å². The van der Waals surface area contributed by atoms with Crippen molar-refractivity contribution in [3.05, 3.63) is 101 Å². The molecule has 0 saturated heterocycles. The van der Waals surface area contributed by atoms with E-state index in [1.807, 2.05) is 69.3 Å². The molecule has 1 atom stereocenters. The van der Waals surface area contributed by atoms with Gasteiger partial charge in [-0.1, -0.05) is 93.0 Å². The average molecular weight is 584 g/mol. The smallest absolute Gasteiger partial charge is 0.244 e. The molecule has 1 unspecified atom stereocenters. The number of hydrogen-bond donors (Lipinski definition) is 1. The molecule has 7 nitrogen and oxygen atoms in total. The number of benzene rings is 3. The second kappa shape index (κ2) is 14.3. The summed E-state index contributed by atoms with van der Waals surface area (Å²) in [6, 6.07) is 22.8. The van der Waals surface area contributed by atoms with E-state index in [0.29, 0.717) is 23.7 Å². The quantitative estimate of drug-likeness (QED) is 0.304. The van der Waals surface area contributed by atoms with Crippen LogP contribution in [0.3, 0.4) is 0 Å². The first kappa shape index (κ1) is 31.2. The van der Waals surface area contributed by atoms with Gasteiger partial charge in [-0.05, 0) is 47.2 Å². The van der Waals surface area contributed by atoms with Crippen LogP contribution in [0, 0.1) is 5.92 Å². The molecule has 3 rings (SSSR count). The highest BCUT2D eigenvalue weighted by Gasteiger charge is 2.33. The number of nitrogens with one attached hydrogen (secondary N) is 1. The van der Waals surface area contributed by atoms with Gasteiger partial charge in [0.2, 0.25) is 21.8 Å². The Morgan fingerprint density at radius 3 is 2.20 bits per heavy atom. The molecule has 2 amide bonds. The van der Waals surface area contributed by atoms with Crippen LogP contribution in [0.4, 0.5) is 5.69 Å². The van der Waals surface area contributed by atoms with Crippen LogP contribution in [-0.4, -0.2) is 50.5 Å². The second-order valence-electron chi connectivity index (χ2n) is 10.2. The first-order valence-electron chi connectivity index (χ1n) is 13.4. The molecule has 3 aromatic rings. The fraction of sp³-hybridized carbons (Fsp3) is 0.355. The highest BCUT2D eigenvalue weighted by Crippen LogP contribution is 2.25. The third kappa shape index (κ3) is 8.83. The molecule has 0 radical (unpaired) electrons. The Hall–Kier alpha value is -3.36. The van der Waals surface area contributed by atoms with Crippen LogP contribution in [0.15, 0.2) is 78.9 Å². The summed E-state index contributed by atoms with van der Waals surface area (Å²) >= 11 is 6.25. The number of sulfonamides is 1. The summed E-state index contributed by atoms with van der Waals surface area (Å²) < 4.78 is 27.1. The van der Waals surface area contributed by atoms with Gasteiger partial charge in [-0.15, -0.1) is 0 Å². The average Bonchev–Trinajstić information content (AvgIpc) is 2.92. The Morgan fingerprint density at radius 2 is 1.57 bits per heavy atom. The number of amides is 2. The van der Waals surface area contributed by atoms with Crippen molar-refractivity contribution in [1.82, 2.24) is 10.2 Å². The van der Waals surface area contributed by atoms with Crippen LogP contribution in [0.25, 0.3) is 0 Å². The largest absolute Gasteiger partial charge is 0.354 e. The SMILES string of the molecule is CCc1ccccc1N(CC(=O)N(Cc1cccc(Cl)c1)C(Cc1ccccc1)C(=O)NCC(C)C)S(C)(=O)=O. The molecule has 0 aliphatic carbocycles. The summed E-state index contributed by atoms with van der Waals surface area (Å²) in [4.78, 5) is 29.3. The van der Waals surface area contributed by atoms with Crippen LogP contribution < -0.4 is 9.62 Å². The van der Waals surface area contributed by atoms with E-state index in [1.165, 1.54) is 4.90 Å². The number of nitrogens with zero attached hydrogens (tertiary/aromatic N) is 2. The van der Waals surface area contributed by atoms with Gasteiger partial charge in [0.05, 0.1) is 11.9 Å². The van der Waals surface area contributed by atoms with Gasteiger partial charge in [-0.2, -0.15) is 0 Å². The van der Waals surface area contributed by atoms with Crippen molar-refractivity contribution in [3.63, 3.8) is 0 Å². The molecule has 0 aliphatic heterocycles. The topological polar surface area (TPSA) is 86.8 Å². The van der Waals surface area contributed by atoms with Crippen molar-refractivity contribution in [3.8, 4) is 0 Å². The first-order chi connectivity index (χ1) is 19.0. The maximum absolute atomic E-state index is 14.1. The lowest BCUT2D eigenvalue weighted by Crippen LogP contribution is -2.53. The molecule has 1 N–H and O–H groups in total. The van der Waals surface area contributed by atoms with Crippen molar-refractivity contribution in [2.45, 2.75) is 46.2 Å². The fourth-order valence-electron chi connectivity index (χ4n) is 4.46. The molecule has 0 spiro atoms. The molecule has 0 bridgehead atoms. The first-order valence-corrected chi connectivity index (χ1v) is 15.6. The van der Waals surface area contributed by atoms with E-state index in [9.17, 15) is 18.0 Å². The molecule has 0 aliphatic rings. The zero-order chi connectivity index (χ0) is 29.3. The summed E-state index contributed by atoms with van der Waals surface area (Å²) in [6.07, 6.45) is 1.95. The molecule has 9 heteroatoms. The van der Waals surface area contributed by atoms with Gasteiger partial charge in [-0.3, -0.25) is 13.9 Å². The molecular formula is C31H38ClN3O4S. The van der Waals surface area contributed by atoms with Crippen LogP contribution in [0.2, 0.25) is 5.02 Å². The monoisotopic (exact) mass is 583 g/mol. The lowest BCUT2D eigenvalue weighted by Gasteiger charge is -2.34. The second-order valence-corrected chi connectivity index (χ2v) is 12.6. The van der Waals surface area contributed by atoms with E-state index in [1.54, 1.807) is 30.3 Å². The maximum atomic E-state index is 14.1. The number of anilines is 1. The van der Waals surface area contributed by atoms with E-state index in [-0.39, 0.29) is 24.8 Å². The summed E-state index contributed by atoms with van der Waals surface area (Å²) in [7, 11) is -3.82. The molecule has 0 heterocycles. The Morgan fingerprint density at radius 1 is 0.925 bits per heavy atom. The Balaban J connectivity index is 2.07. The highest BCUT2D eigenvalue weighted by molar-refractivity contribution is 7.92. The van der Waals surface area contributed by atoms with Crippen LogP contribution in [0.5, 0.6) is 0 Å². The Bertz CT molecular complexity index is 1400. The zero-order valence-electron chi connectivity index (χ0n) is 23.5. The van der Waals surface area contributed by atoms with Crippen molar-refractivity contribution in [2.75, 3.05) is 23.7 Å². The fourth-order valence-corrected chi connectivity index (χ4v) is 5.55. The van der Waals surface area contributed by atoms with Gasteiger partial charge >= 0.3 is 0 Å². The molecule has 0 fully saturated rings. The number of para-hydroxylation sites is 1. The van der Waals surface area contributed by atoms with Gasteiger partial charge in [0.25, 0.3) is 0 Å². The number of aryl methyl sites for hydroxylation is 1. The van der Waals surface area contributed by atoms with E-state index >= 15 is 0 Å². The molecule has 0 saturated carbocycles. The molecule has 214 valence electrons. The number of carbonyl (C=O) groups is 2. The van der Waals surface area contributed by atoms with Crippen LogP contribution in [0.1, 0.15) is 37.5 Å². The summed E-state index contributed by atoms with van der Waals surface area (Å²) in [5.74, 6) is -0.575. The van der Waals surface area contributed by atoms with Gasteiger partial charge in [0.1, 0.15) is 12.6 Å². The van der Waals surface area contributed by atoms with Crippen molar-refractivity contribution in [2.24, 2.45) is 5.92 Å². The van der Waals surface area contributed by atoms with E-state index in [2.05, 4.69) is 5.32 Å². The third-order valence-corrected chi connectivity index (χ3v) is 7.88. The highest BCUT2D eigenvalue weighted by atomic mass is 35.5. The van der Waals surface area contributed by atoms with E-state index in [0.717, 1.165) is 27.3 Å². The minimum Gasteiger partial charge on any atom is -0.354 e. The normalized spacial score (nSPS) is 12.2. The minimum atomic E-state index is -3.82. The molecule has 40 heavy (non-hydrogen) atoms. The van der Waals surface area contributed by atoms with E-state index < -0.39 is 28.5 Å². The predicted molar refractivity (Wildman–Crippen MR) is 162 cm³/mol. The zero-order valence-corrected chi connectivity index (χ0v) is 25.1. The Kier molecular flexibility index (Phi) is 11.2. The summed E-state index contributed by atoms with van der Waals surface area (Å²) in [6.45, 7) is 6.01.